The zero-order valence-corrected chi connectivity index (χ0v) is 11.8. The first-order valence-corrected chi connectivity index (χ1v) is 7.30. The largest absolute Gasteiger partial charge is 0.394 e. The van der Waals surface area contributed by atoms with Gasteiger partial charge in [-0.15, -0.1) is 0 Å². The van der Waals surface area contributed by atoms with Gasteiger partial charge in [0.15, 0.2) is 5.82 Å². The van der Waals surface area contributed by atoms with Crippen LogP contribution in [-0.4, -0.2) is 8.42 Å². The van der Waals surface area contributed by atoms with Crippen molar-refractivity contribution in [2.45, 2.75) is 4.90 Å². The van der Waals surface area contributed by atoms with Gasteiger partial charge in [0.05, 0.1) is 10.7 Å². The van der Waals surface area contributed by atoms with Crippen LogP contribution in [0.4, 0.5) is 24.5 Å². The van der Waals surface area contributed by atoms with Gasteiger partial charge < -0.3 is 5.73 Å². The van der Waals surface area contributed by atoms with Gasteiger partial charge in [-0.05, 0) is 30.3 Å². The summed E-state index contributed by atoms with van der Waals surface area (Å²) in [5.74, 6) is -3.35. The zero-order valence-electron chi connectivity index (χ0n) is 10.2. The highest BCUT2D eigenvalue weighted by atomic mass is 35.5. The second-order valence-corrected chi connectivity index (χ2v) is 6.07. The first-order chi connectivity index (χ1) is 9.72. The standard InChI is InChI=1S/C12H8ClF3N2O2S/c13-7-2-1-6(5-9(7)15)18-21(19,20)10-4-3-8(14)12(17)11(10)16/h1-5,18H,17H2. The fourth-order valence-electron chi connectivity index (χ4n) is 1.53. The van der Waals surface area contributed by atoms with Crippen molar-refractivity contribution in [2.24, 2.45) is 0 Å². The molecular formula is C12H8ClF3N2O2S. The van der Waals surface area contributed by atoms with E-state index in [9.17, 15) is 21.6 Å². The van der Waals surface area contributed by atoms with Crippen LogP contribution < -0.4 is 10.5 Å². The Hall–Kier alpha value is -1.93. The van der Waals surface area contributed by atoms with Crippen molar-refractivity contribution < 1.29 is 21.6 Å². The lowest BCUT2D eigenvalue weighted by Crippen LogP contribution is -2.16. The first-order valence-electron chi connectivity index (χ1n) is 5.43. The molecule has 3 N–H and O–H groups in total. The highest BCUT2D eigenvalue weighted by Crippen LogP contribution is 2.26. The van der Waals surface area contributed by atoms with Crippen LogP contribution in [-0.2, 0) is 10.0 Å². The number of rotatable bonds is 3. The van der Waals surface area contributed by atoms with Crippen molar-refractivity contribution in [3.8, 4) is 0 Å². The number of sulfonamides is 1. The molecule has 0 aliphatic rings. The van der Waals surface area contributed by atoms with Gasteiger partial charge in [0, 0.05) is 0 Å². The lowest BCUT2D eigenvalue weighted by atomic mass is 10.3. The molecule has 0 amide bonds. The summed E-state index contributed by atoms with van der Waals surface area (Å²) < 4.78 is 65.9. The van der Waals surface area contributed by atoms with Crippen LogP contribution in [0.5, 0.6) is 0 Å². The van der Waals surface area contributed by atoms with Crippen molar-refractivity contribution in [2.75, 3.05) is 10.5 Å². The maximum absolute atomic E-state index is 13.7. The van der Waals surface area contributed by atoms with E-state index in [4.69, 9.17) is 17.3 Å². The summed E-state index contributed by atoms with van der Waals surface area (Å²) >= 11 is 5.46. The predicted octanol–water partition coefficient (Wildman–Crippen LogP) is 3.14. The highest BCUT2D eigenvalue weighted by molar-refractivity contribution is 7.92. The smallest absolute Gasteiger partial charge is 0.264 e. The van der Waals surface area contributed by atoms with E-state index in [1.54, 1.807) is 0 Å². The van der Waals surface area contributed by atoms with E-state index in [2.05, 4.69) is 0 Å². The van der Waals surface area contributed by atoms with E-state index in [1.807, 2.05) is 4.72 Å². The lowest BCUT2D eigenvalue weighted by Gasteiger charge is -2.10. The van der Waals surface area contributed by atoms with Gasteiger partial charge in [-0.25, -0.2) is 21.6 Å². The summed E-state index contributed by atoms with van der Waals surface area (Å²) in [7, 11) is -4.39. The average Bonchev–Trinajstić information content (AvgIpc) is 2.39. The molecule has 0 bridgehead atoms. The SMILES string of the molecule is Nc1c(F)ccc(S(=O)(=O)Nc2ccc(Cl)c(F)c2)c1F. The topological polar surface area (TPSA) is 72.2 Å². The summed E-state index contributed by atoms with van der Waals surface area (Å²) in [5.41, 5.74) is 4.01. The van der Waals surface area contributed by atoms with Crippen molar-refractivity contribution in [1.82, 2.24) is 0 Å². The monoisotopic (exact) mass is 336 g/mol. The van der Waals surface area contributed by atoms with Crippen molar-refractivity contribution >= 4 is 33.0 Å². The molecule has 0 saturated carbocycles. The summed E-state index contributed by atoms with van der Waals surface area (Å²) in [4.78, 5) is -0.850. The Morgan fingerprint density at radius 1 is 1.05 bits per heavy atom. The Kier molecular flexibility index (Phi) is 4.02. The van der Waals surface area contributed by atoms with E-state index in [-0.39, 0.29) is 10.7 Å². The summed E-state index contributed by atoms with van der Waals surface area (Å²) in [6.45, 7) is 0. The molecule has 2 rings (SSSR count). The minimum Gasteiger partial charge on any atom is -0.394 e. The van der Waals surface area contributed by atoms with Gasteiger partial charge in [-0.3, -0.25) is 4.72 Å². The molecular weight excluding hydrogens is 329 g/mol. The molecule has 0 atom stereocenters. The average molecular weight is 337 g/mol. The normalized spacial score (nSPS) is 11.4. The van der Waals surface area contributed by atoms with Crippen LogP contribution in [0.25, 0.3) is 0 Å². The number of halogens is 4. The third kappa shape index (κ3) is 3.06. The number of anilines is 2. The Balaban J connectivity index is 2.43. The van der Waals surface area contributed by atoms with Gasteiger partial charge in [0.25, 0.3) is 10.0 Å². The quantitative estimate of drug-likeness (QED) is 0.846. The second kappa shape index (κ2) is 5.45. The number of nitrogens with two attached hydrogens (primary N) is 1. The van der Waals surface area contributed by atoms with Crippen molar-refractivity contribution in [3.05, 3.63) is 52.8 Å². The molecule has 0 radical (unpaired) electrons. The summed E-state index contributed by atoms with van der Waals surface area (Å²) in [6, 6.07) is 4.58. The third-order valence-electron chi connectivity index (χ3n) is 2.55. The molecule has 0 aliphatic carbocycles. The summed E-state index contributed by atoms with van der Waals surface area (Å²) in [5, 5.41) is -0.199. The number of nitrogens with one attached hydrogen (secondary N) is 1. The lowest BCUT2D eigenvalue weighted by molar-refractivity contribution is 0.557. The molecule has 2 aromatic carbocycles. The van der Waals surface area contributed by atoms with Crippen LogP contribution >= 0.6 is 11.6 Å². The van der Waals surface area contributed by atoms with E-state index >= 15 is 0 Å². The Labute approximate surface area is 123 Å². The maximum atomic E-state index is 13.7. The molecule has 0 saturated heterocycles. The second-order valence-electron chi connectivity index (χ2n) is 4.01. The molecule has 0 aliphatic heterocycles. The van der Waals surface area contributed by atoms with E-state index < -0.39 is 38.1 Å². The van der Waals surface area contributed by atoms with Crippen LogP contribution in [0, 0.1) is 17.5 Å². The molecule has 0 unspecified atom stereocenters. The van der Waals surface area contributed by atoms with Crippen LogP contribution in [0.3, 0.4) is 0 Å². The number of benzene rings is 2. The minimum atomic E-state index is -4.39. The molecule has 21 heavy (non-hydrogen) atoms. The number of nitrogen functional groups attached to an aromatic ring is 1. The van der Waals surface area contributed by atoms with Gasteiger partial charge in [-0.2, -0.15) is 0 Å². The third-order valence-corrected chi connectivity index (χ3v) is 4.26. The Morgan fingerprint density at radius 2 is 1.71 bits per heavy atom. The molecule has 2 aromatic rings. The van der Waals surface area contributed by atoms with Crippen LogP contribution in [0.15, 0.2) is 35.2 Å². The van der Waals surface area contributed by atoms with Crippen LogP contribution in [0.2, 0.25) is 5.02 Å². The van der Waals surface area contributed by atoms with Gasteiger partial charge in [-0.1, -0.05) is 11.6 Å². The highest BCUT2D eigenvalue weighted by Gasteiger charge is 2.23. The molecule has 0 spiro atoms. The zero-order chi connectivity index (χ0) is 15.8. The van der Waals surface area contributed by atoms with Crippen molar-refractivity contribution in [1.29, 1.82) is 0 Å². The molecule has 0 fully saturated rings. The summed E-state index contributed by atoms with van der Waals surface area (Å²) in [6.07, 6.45) is 0. The molecule has 4 nitrogen and oxygen atoms in total. The molecule has 0 aromatic heterocycles. The van der Waals surface area contributed by atoms with E-state index in [1.165, 1.54) is 6.07 Å². The molecule has 112 valence electrons. The fourth-order valence-corrected chi connectivity index (χ4v) is 2.78. The van der Waals surface area contributed by atoms with Crippen LogP contribution in [0.1, 0.15) is 0 Å². The Morgan fingerprint density at radius 3 is 2.33 bits per heavy atom. The minimum absolute atomic E-state index is 0.167. The Bertz CT molecular complexity index is 812. The number of hydrogen-bond donors (Lipinski definition) is 2. The van der Waals surface area contributed by atoms with Gasteiger partial charge in [0.1, 0.15) is 22.2 Å². The van der Waals surface area contributed by atoms with E-state index in [0.717, 1.165) is 24.3 Å². The van der Waals surface area contributed by atoms with Crippen molar-refractivity contribution in [3.63, 3.8) is 0 Å². The molecule has 0 heterocycles. The van der Waals surface area contributed by atoms with Gasteiger partial charge in [0.2, 0.25) is 0 Å². The molecule has 9 heteroatoms. The number of hydrogen-bond acceptors (Lipinski definition) is 3. The van der Waals surface area contributed by atoms with E-state index in [0.29, 0.717) is 0 Å². The predicted molar refractivity (Wildman–Crippen MR) is 73.0 cm³/mol. The fraction of sp³-hybridized carbons (Fsp3) is 0. The van der Waals surface area contributed by atoms with Gasteiger partial charge >= 0.3 is 0 Å². The first kappa shape index (κ1) is 15.5. The maximum Gasteiger partial charge on any atom is 0.264 e.